The fraction of sp³-hybridized carbons (Fsp3) is 0.250. The van der Waals surface area contributed by atoms with Gasteiger partial charge >= 0.3 is 5.69 Å². The number of aliphatic hydroxyl groups is 1. The molecule has 0 radical (unpaired) electrons. The summed E-state index contributed by atoms with van der Waals surface area (Å²) in [5.41, 5.74) is 4.01. The van der Waals surface area contributed by atoms with Gasteiger partial charge in [-0.1, -0.05) is 48.5 Å². The Morgan fingerprint density at radius 3 is 2.53 bits per heavy atom. The zero-order chi connectivity index (χ0) is 24.2. The van der Waals surface area contributed by atoms with Gasteiger partial charge in [0.2, 0.25) is 5.95 Å². The van der Waals surface area contributed by atoms with E-state index in [1.54, 1.807) is 6.21 Å². The van der Waals surface area contributed by atoms with E-state index in [2.05, 4.69) is 15.5 Å². The van der Waals surface area contributed by atoms with Crippen molar-refractivity contribution in [2.24, 2.45) is 19.2 Å². The first-order valence-electron chi connectivity index (χ1n) is 10.7. The number of anilines is 1. The van der Waals surface area contributed by atoms with Crippen molar-refractivity contribution >= 4 is 23.3 Å². The Morgan fingerprint density at radius 1 is 1.09 bits per heavy atom. The van der Waals surface area contributed by atoms with Crippen LogP contribution in [0.15, 0.2) is 69.3 Å². The van der Waals surface area contributed by atoms with Crippen molar-refractivity contribution < 1.29 is 9.84 Å². The molecule has 2 aromatic carbocycles. The van der Waals surface area contributed by atoms with Crippen LogP contribution in [0.5, 0.6) is 5.75 Å². The number of ether oxygens (including phenoxy) is 1. The lowest BCUT2D eigenvalue weighted by Gasteiger charge is -2.16. The van der Waals surface area contributed by atoms with Crippen molar-refractivity contribution in [3.63, 3.8) is 0 Å². The lowest BCUT2D eigenvalue weighted by atomic mass is 10.2. The van der Waals surface area contributed by atoms with Crippen LogP contribution in [0.3, 0.4) is 0 Å². The zero-order valence-electron chi connectivity index (χ0n) is 19.2. The Bertz CT molecular complexity index is 1450. The van der Waals surface area contributed by atoms with E-state index < -0.39 is 17.4 Å². The van der Waals surface area contributed by atoms with Crippen molar-refractivity contribution in [1.29, 1.82) is 0 Å². The highest BCUT2D eigenvalue weighted by Gasteiger charge is 2.21. The van der Waals surface area contributed by atoms with E-state index in [0.717, 1.165) is 15.7 Å². The molecule has 0 aliphatic rings. The normalized spacial score (nSPS) is 12.4. The highest BCUT2D eigenvalue weighted by molar-refractivity contribution is 5.80. The Kier molecular flexibility index (Phi) is 6.60. The van der Waals surface area contributed by atoms with Gasteiger partial charge in [0.15, 0.2) is 11.2 Å². The quantitative estimate of drug-likeness (QED) is 0.304. The number of aryl methyl sites for hydroxylation is 2. The molecule has 0 aliphatic heterocycles. The molecule has 1 unspecified atom stereocenters. The Morgan fingerprint density at radius 2 is 1.79 bits per heavy atom. The average molecular weight is 463 g/mol. The fourth-order valence-corrected chi connectivity index (χ4v) is 3.58. The summed E-state index contributed by atoms with van der Waals surface area (Å²) in [4.78, 5) is 29.8. The third kappa shape index (κ3) is 4.62. The van der Waals surface area contributed by atoms with Gasteiger partial charge in [0.05, 0.1) is 12.8 Å². The molecular weight excluding hydrogens is 436 g/mol. The number of rotatable bonds is 8. The van der Waals surface area contributed by atoms with E-state index in [9.17, 15) is 14.7 Å². The van der Waals surface area contributed by atoms with E-state index in [-0.39, 0.29) is 30.3 Å². The van der Waals surface area contributed by atoms with Crippen LogP contribution in [0, 0.1) is 6.92 Å². The molecule has 0 saturated carbocycles. The second-order valence-electron chi connectivity index (χ2n) is 7.94. The minimum absolute atomic E-state index is 0.000977. The first kappa shape index (κ1) is 23.0. The van der Waals surface area contributed by atoms with Crippen molar-refractivity contribution in [1.82, 2.24) is 18.7 Å². The molecule has 4 aromatic rings. The molecule has 2 aromatic heterocycles. The van der Waals surface area contributed by atoms with Gasteiger partial charge in [0.1, 0.15) is 18.5 Å². The zero-order valence-corrected chi connectivity index (χ0v) is 19.2. The SMILES string of the molecule is Cc1ccccc1OCC(O)Cn1c(NN=Cc2ccccc2)nc2c1c(=O)n(C)c(=O)n2C. The summed E-state index contributed by atoms with van der Waals surface area (Å²) in [5.74, 6) is 0.886. The predicted molar refractivity (Wildman–Crippen MR) is 131 cm³/mol. The van der Waals surface area contributed by atoms with Crippen LogP contribution in [-0.4, -0.2) is 42.7 Å². The largest absolute Gasteiger partial charge is 0.491 e. The number of nitrogens with zero attached hydrogens (tertiary/aromatic N) is 5. The first-order chi connectivity index (χ1) is 16.4. The van der Waals surface area contributed by atoms with Crippen LogP contribution >= 0.6 is 0 Å². The predicted octanol–water partition coefficient (Wildman–Crippen LogP) is 1.63. The topological polar surface area (TPSA) is 116 Å². The highest BCUT2D eigenvalue weighted by Crippen LogP contribution is 2.19. The molecular formula is C24H26N6O4. The van der Waals surface area contributed by atoms with E-state index in [0.29, 0.717) is 5.75 Å². The smallest absolute Gasteiger partial charge is 0.332 e. The summed E-state index contributed by atoms with van der Waals surface area (Å²) in [6, 6.07) is 17.0. The summed E-state index contributed by atoms with van der Waals surface area (Å²) in [7, 11) is 2.94. The van der Waals surface area contributed by atoms with Gasteiger partial charge in [-0.2, -0.15) is 10.1 Å². The maximum Gasteiger partial charge on any atom is 0.332 e. The van der Waals surface area contributed by atoms with Gasteiger partial charge in [0.25, 0.3) is 5.56 Å². The minimum atomic E-state index is -0.961. The number of aromatic nitrogens is 4. The van der Waals surface area contributed by atoms with Crippen molar-refractivity contribution in [2.45, 2.75) is 19.6 Å². The standard InChI is InChI=1S/C24H26N6O4/c1-16-9-7-8-12-19(16)34-15-18(31)14-30-20-21(28(2)24(33)29(3)22(20)32)26-23(30)27-25-13-17-10-5-4-6-11-17/h4-13,18,31H,14-15H2,1-3H3,(H,26,27). The molecule has 2 heterocycles. The molecule has 0 amide bonds. The summed E-state index contributed by atoms with van der Waals surface area (Å²) in [6.45, 7) is 1.92. The number of imidazole rings is 1. The van der Waals surface area contributed by atoms with E-state index in [1.807, 2.05) is 61.5 Å². The van der Waals surface area contributed by atoms with Gasteiger partial charge in [-0.3, -0.25) is 13.9 Å². The van der Waals surface area contributed by atoms with Crippen LogP contribution in [0.25, 0.3) is 11.2 Å². The number of para-hydroxylation sites is 1. The summed E-state index contributed by atoms with van der Waals surface area (Å²) in [5, 5.41) is 14.9. The molecule has 10 nitrogen and oxygen atoms in total. The van der Waals surface area contributed by atoms with Crippen molar-refractivity contribution in [3.8, 4) is 5.75 Å². The number of nitrogens with one attached hydrogen (secondary N) is 1. The van der Waals surface area contributed by atoms with Gasteiger partial charge in [-0.15, -0.1) is 0 Å². The van der Waals surface area contributed by atoms with Gasteiger partial charge in [0, 0.05) is 14.1 Å². The third-order valence-corrected chi connectivity index (χ3v) is 5.44. The van der Waals surface area contributed by atoms with Gasteiger partial charge in [-0.05, 0) is 24.1 Å². The Hall–Kier alpha value is -4.18. The molecule has 34 heavy (non-hydrogen) atoms. The van der Waals surface area contributed by atoms with Crippen LogP contribution in [-0.2, 0) is 20.6 Å². The molecule has 2 N–H and O–H groups in total. The number of benzene rings is 2. The lowest BCUT2D eigenvalue weighted by Crippen LogP contribution is -2.38. The lowest BCUT2D eigenvalue weighted by molar-refractivity contribution is 0.0935. The molecule has 0 aliphatic carbocycles. The minimum Gasteiger partial charge on any atom is -0.491 e. The summed E-state index contributed by atoms with van der Waals surface area (Å²) < 4.78 is 9.58. The molecule has 0 saturated heterocycles. The number of hydrogen-bond acceptors (Lipinski definition) is 7. The summed E-state index contributed by atoms with van der Waals surface area (Å²) >= 11 is 0. The molecule has 0 spiro atoms. The van der Waals surface area contributed by atoms with Gasteiger partial charge < -0.3 is 14.4 Å². The number of hydrazone groups is 1. The third-order valence-electron chi connectivity index (χ3n) is 5.44. The van der Waals surface area contributed by atoms with Crippen LogP contribution in [0.1, 0.15) is 11.1 Å². The second-order valence-corrected chi connectivity index (χ2v) is 7.94. The number of fused-ring (bicyclic) bond motifs is 1. The maximum absolute atomic E-state index is 12.9. The van der Waals surface area contributed by atoms with E-state index in [4.69, 9.17) is 4.74 Å². The number of hydrogen-bond donors (Lipinski definition) is 2. The highest BCUT2D eigenvalue weighted by atomic mass is 16.5. The molecule has 0 fully saturated rings. The Balaban J connectivity index is 1.67. The average Bonchev–Trinajstić information content (AvgIpc) is 3.19. The molecule has 0 bridgehead atoms. The van der Waals surface area contributed by atoms with Crippen molar-refractivity contribution in [2.75, 3.05) is 12.0 Å². The van der Waals surface area contributed by atoms with Crippen LogP contribution in [0.2, 0.25) is 0 Å². The molecule has 4 rings (SSSR count). The van der Waals surface area contributed by atoms with E-state index in [1.165, 1.54) is 23.2 Å². The molecule has 1 atom stereocenters. The van der Waals surface area contributed by atoms with Gasteiger partial charge in [-0.25, -0.2) is 10.2 Å². The fourth-order valence-electron chi connectivity index (χ4n) is 3.58. The van der Waals surface area contributed by atoms with E-state index >= 15 is 0 Å². The molecule has 10 heteroatoms. The monoisotopic (exact) mass is 462 g/mol. The summed E-state index contributed by atoms with van der Waals surface area (Å²) in [6.07, 6.45) is 0.649. The maximum atomic E-state index is 12.9. The second kappa shape index (κ2) is 9.75. The van der Waals surface area contributed by atoms with Crippen LogP contribution < -0.4 is 21.4 Å². The van der Waals surface area contributed by atoms with Crippen molar-refractivity contribution in [3.05, 3.63) is 86.6 Å². The number of aliphatic hydroxyl groups excluding tert-OH is 1. The van der Waals surface area contributed by atoms with Crippen LogP contribution in [0.4, 0.5) is 5.95 Å². The molecule has 176 valence electrons. The first-order valence-corrected chi connectivity index (χ1v) is 10.7. The Labute approximate surface area is 195 Å².